The summed E-state index contributed by atoms with van der Waals surface area (Å²) in [4.78, 5) is 8.92. The quantitative estimate of drug-likeness (QED) is 0.454. The van der Waals surface area contributed by atoms with Crippen molar-refractivity contribution < 1.29 is 8.42 Å². The lowest BCUT2D eigenvalue weighted by Crippen LogP contribution is -2.33. The number of aromatic nitrogens is 2. The molecule has 3 aromatic rings. The van der Waals surface area contributed by atoms with Crippen molar-refractivity contribution >= 4 is 45.1 Å². The average molecular weight is 476 g/mol. The SMILES string of the molecule is Cl.Nc1nc(NCC2CCC(CNS(=O)(=O)Cc3ccccc3)CC2)nc2ccccc12. The van der Waals surface area contributed by atoms with Gasteiger partial charge in [0.2, 0.25) is 16.0 Å². The van der Waals surface area contributed by atoms with Crippen LogP contribution < -0.4 is 15.8 Å². The van der Waals surface area contributed by atoms with Gasteiger partial charge in [0.25, 0.3) is 0 Å². The maximum Gasteiger partial charge on any atom is 0.225 e. The second-order valence-corrected chi connectivity index (χ2v) is 10.1. The topological polar surface area (TPSA) is 110 Å². The van der Waals surface area contributed by atoms with Gasteiger partial charge in [-0.2, -0.15) is 4.98 Å². The number of hydrogen-bond acceptors (Lipinski definition) is 6. The Bertz CT molecular complexity index is 1120. The monoisotopic (exact) mass is 475 g/mol. The maximum atomic E-state index is 12.3. The first-order chi connectivity index (χ1) is 15.0. The average Bonchev–Trinajstić information content (AvgIpc) is 2.77. The number of nitrogens with two attached hydrogens (primary N) is 1. The van der Waals surface area contributed by atoms with E-state index in [1.165, 1.54) is 0 Å². The van der Waals surface area contributed by atoms with Crippen molar-refractivity contribution in [1.29, 1.82) is 0 Å². The Morgan fingerprint density at radius 1 is 0.875 bits per heavy atom. The van der Waals surface area contributed by atoms with E-state index in [4.69, 9.17) is 5.73 Å². The van der Waals surface area contributed by atoms with E-state index in [1.807, 2.05) is 54.6 Å². The van der Waals surface area contributed by atoms with Gasteiger partial charge >= 0.3 is 0 Å². The highest BCUT2D eigenvalue weighted by atomic mass is 35.5. The Labute approximate surface area is 195 Å². The molecule has 0 radical (unpaired) electrons. The second-order valence-electron chi connectivity index (χ2n) is 8.31. The number of nitrogens with zero attached hydrogens (tertiary/aromatic N) is 2. The summed E-state index contributed by atoms with van der Waals surface area (Å²) in [6.07, 6.45) is 4.14. The van der Waals surface area contributed by atoms with E-state index < -0.39 is 10.0 Å². The lowest BCUT2D eigenvalue weighted by atomic mass is 9.82. The van der Waals surface area contributed by atoms with Crippen LogP contribution in [0.1, 0.15) is 31.2 Å². The molecule has 1 aromatic heterocycles. The molecule has 7 nitrogen and oxygen atoms in total. The molecule has 1 aliphatic rings. The third kappa shape index (κ3) is 6.54. The molecule has 0 saturated heterocycles. The van der Waals surface area contributed by atoms with Gasteiger partial charge in [0.05, 0.1) is 11.3 Å². The fourth-order valence-corrected chi connectivity index (χ4v) is 5.37. The summed E-state index contributed by atoms with van der Waals surface area (Å²) in [6, 6.07) is 17.0. The first kappa shape index (κ1) is 24.2. The number of fused-ring (bicyclic) bond motifs is 1. The first-order valence-electron chi connectivity index (χ1n) is 10.8. The van der Waals surface area contributed by atoms with Crippen molar-refractivity contribution in [3.63, 3.8) is 0 Å². The number of nitrogen functional groups attached to an aromatic ring is 1. The van der Waals surface area contributed by atoms with Crippen molar-refractivity contribution in [2.75, 3.05) is 24.1 Å². The molecule has 0 spiro atoms. The molecule has 1 aliphatic carbocycles. The largest absolute Gasteiger partial charge is 0.383 e. The molecular weight excluding hydrogens is 446 g/mol. The van der Waals surface area contributed by atoms with Crippen LogP contribution in [0.4, 0.5) is 11.8 Å². The minimum absolute atomic E-state index is 0. The van der Waals surface area contributed by atoms with Gasteiger partial charge in [-0.1, -0.05) is 42.5 Å². The van der Waals surface area contributed by atoms with Gasteiger partial charge in [0, 0.05) is 18.5 Å². The van der Waals surface area contributed by atoms with E-state index in [2.05, 4.69) is 20.0 Å². The Kier molecular flexibility index (Phi) is 8.28. The van der Waals surface area contributed by atoms with Gasteiger partial charge < -0.3 is 11.1 Å². The molecule has 0 unspecified atom stereocenters. The van der Waals surface area contributed by atoms with Crippen LogP contribution in [0.2, 0.25) is 0 Å². The zero-order chi connectivity index (χ0) is 21.7. The fourth-order valence-electron chi connectivity index (χ4n) is 4.15. The molecule has 0 aliphatic heterocycles. The van der Waals surface area contributed by atoms with Gasteiger partial charge in [0.15, 0.2) is 0 Å². The van der Waals surface area contributed by atoms with Crippen molar-refractivity contribution in [2.24, 2.45) is 11.8 Å². The van der Waals surface area contributed by atoms with E-state index in [9.17, 15) is 8.42 Å². The number of benzene rings is 2. The number of anilines is 2. The molecule has 0 bridgehead atoms. The molecule has 4 N–H and O–H groups in total. The third-order valence-corrected chi connectivity index (χ3v) is 7.26. The smallest absolute Gasteiger partial charge is 0.225 e. The van der Waals surface area contributed by atoms with Crippen LogP contribution in [0.15, 0.2) is 54.6 Å². The highest BCUT2D eigenvalue weighted by molar-refractivity contribution is 7.88. The summed E-state index contributed by atoms with van der Waals surface area (Å²) in [5.41, 5.74) is 7.70. The summed E-state index contributed by atoms with van der Waals surface area (Å²) in [6.45, 7) is 1.31. The zero-order valence-corrected chi connectivity index (χ0v) is 19.5. The zero-order valence-electron chi connectivity index (χ0n) is 17.9. The van der Waals surface area contributed by atoms with E-state index in [0.717, 1.165) is 48.7 Å². The van der Waals surface area contributed by atoms with Crippen molar-refractivity contribution in [3.05, 3.63) is 60.2 Å². The standard InChI is InChI=1S/C23H29N5O2S.ClH/c24-22-20-8-4-5-9-21(20)27-23(28-22)25-14-17-10-12-18(13-11-17)15-26-31(29,30)16-19-6-2-1-3-7-19;/h1-9,17-18,26H,10-16H2,(H3,24,25,27,28);1H. The molecule has 172 valence electrons. The van der Waals surface area contributed by atoms with Crippen LogP contribution in [0.3, 0.4) is 0 Å². The van der Waals surface area contributed by atoms with Crippen LogP contribution in [-0.4, -0.2) is 31.5 Å². The van der Waals surface area contributed by atoms with E-state index in [-0.39, 0.29) is 18.2 Å². The Hall–Kier alpha value is -2.42. The van der Waals surface area contributed by atoms with Crippen LogP contribution in [0.25, 0.3) is 10.9 Å². The van der Waals surface area contributed by atoms with E-state index in [1.54, 1.807) is 0 Å². The molecule has 1 fully saturated rings. The number of halogens is 1. The molecule has 2 aromatic carbocycles. The molecule has 1 saturated carbocycles. The second kappa shape index (κ2) is 10.9. The van der Waals surface area contributed by atoms with Gasteiger partial charge in [0.1, 0.15) is 5.82 Å². The molecule has 0 amide bonds. The molecule has 32 heavy (non-hydrogen) atoms. The predicted octanol–water partition coefficient (Wildman–Crippen LogP) is 3.97. The van der Waals surface area contributed by atoms with E-state index >= 15 is 0 Å². The van der Waals surface area contributed by atoms with Gasteiger partial charge in [-0.3, -0.25) is 0 Å². The number of sulfonamides is 1. The van der Waals surface area contributed by atoms with Crippen LogP contribution in [0, 0.1) is 11.8 Å². The molecule has 4 rings (SSSR count). The summed E-state index contributed by atoms with van der Waals surface area (Å²) in [5.74, 6) is 1.98. The van der Waals surface area contributed by atoms with Crippen molar-refractivity contribution in [1.82, 2.24) is 14.7 Å². The third-order valence-electron chi connectivity index (χ3n) is 5.94. The molecule has 9 heteroatoms. The summed E-state index contributed by atoms with van der Waals surface area (Å²) >= 11 is 0. The van der Waals surface area contributed by atoms with Gasteiger partial charge in [-0.15, -0.1) is 12.4 Å². The highest BCUT2D eigenvalue weighted by Crippen LogP contribution is 2.29. The van der Waals surface area contributed by atoms with Crippen molar-refractivity contribution in [3.8, 4) is 0 Å². The van der Waals surface area contributed by atoms with Crippen LogP contribution in [-0.2, 0) is 15.8 Å². The summed E-state index contributed by atoms with van der Waals surface area (Å²) in [7, 11) is -3.31. The lowest BCUT2D eigenvalue weighted by molar-refractivity contribution is 0.284. The minimum atomic E-state index is -3.31. The summed E-state index contributed by atoms with van der Waals surface area (Å²) in [5, 5.41) is 4.20. The lowest BCUT2D eigenvalue weighted by Gasteiger charge is -2.28. The first-order valence-corrected chi connectivity index (χ1v) is 12.4. The Morgan fingerprint density at radius 3 is 2.22 bits per heavy atom. The van der Waals surface area contributed by atoms with Gasteiger partial charge in [-0.25, -0.2) is 18.1 Å². The Balaban J connectivity index is 0.00000289. The minimum Gasteiger partial charge on any atom is -0.383 e. The number of rotatable bonds is 8. The van der Waals surface area contributed by atoms with Crippen molar-refractivity contribution in [2.45, 2.75) is 31.4 Å². The molecule has 1 heterocycles. The maximum absolute atomic E-state index is 12.3. The van der Waals surface area contributed by atoms with Crippen LogP contribution in [0.5, 0.6) is 0 Å². The number of para-hydroxylation sites is 1. The number of nitrogens with one attached hydrogen (secondary N) is 2. The fraction of sp³-hybridized carbons (Fsp3) is 0.391. The molecular formula is C23H30ClN5O2S. The van der Waals surface area contributed by atoms with Gasteiger partial charge in [-0.05, 0) is 55.2 Å². The van der Waals surface area contributed by atoms with E-state index in [0.29, 0.717) is 30.1 Å². The van der Waals surface area contributed by atoms with Crippen LogP contribution >= 0.6 is 12.4 Å². The predicted molar refractivity (Wildman–Crippen MR) is 132 cm³/mol. The normalized spacial score (nSPS) is 18.8. The number of hydrogen-bond donors (Lipinski definition) is 3. The highest BCUT2D eigenvalue weighted by Gasteiger charge is 2.23. The molecule has 0 atom stereocenters. The Morgan fingerprint density at radius 2 is 1.50 bits per heavy atom. The summed E-state index contributed by atoms with van der Waals surface area (Å²) < 4.78 is 27.5.